The Morgan fingerprint density at radius 1 is 1.10 bits per heavy atom. The highest BCUT2D eigenvalue weighted by molar-refractivity contribution is 5.87. The number of nitrogens with zero attached hydrogens (tertiary/aromatic N) is 2. The summed E-state index contributed by atoms with van der Waals surface area (Å²) >= 11 is 0. The molecule has 0 spiro atoms. The summed E-state index contributed by atoms with van der Waals surface area (Å²) in [5, 5.41) is 0. The fourth-order valence-corrected chi connectivity index (χ4v) is 3.96. The topological polar surface area (TPSA) is 49.9 Å². The van der Waals surface area contributed by atoms with Gasteiger partial charge in [0.15, 0.2) is 0 Å². The number of piperazine rings is 1. The highest BCUT2D eigenvalue weighted by Gasteiger charge is 2.70. The van der Waals surface area contributed by atoms with E-state index in [1.54, 1.807) is 27.7 Å². The summed E-state index contributed by atoms with van der Waals surface area (Å²) in [5.41, 5.74) is -1.25. The van der Waals surface area contributed by atoms with Crippen LogP contribution in [0.5, 0.6) is 0 Å². The average molecular weight is 426 g/mol. The van der Waals surface area contributed by atoms with Gasteiger partial charge in [0.25, 0.3) is 0 Å². The third-order valence-electron chi connectivity index (χ3n) is 5.76. The van der Waals surface area contributed by atoms with Crippen molar-refractivity contribution < 1.29 is 27.5 Å². The van der Waals surface area contributed by atoms with Gasteiger partial charge in [-0.3, -0.25) is 9.69 Å². The summed E-state index contributed by atoms with van der Waals surface area (Å²) in [7, 11) is 0. The molecular weight excluding hydrogens is 397 g/mol. The van der Waals surface area contributed by atoms with Crippen molar-refractivity contribution >= 4 is 12.0 Å². The minimum Gasteiger partial charge on any atom is -0.444 e. The number of alkyl halides is 3. The van der Waals surface area contributed by atoms with E-state index in [0.29, 0.717) is 0 Å². The average Bonchev–Trinajstić information content (AvgIpc) is 3.41. The first-order valence-electron chi connectivity index (χ1n) is 10.2. The largest absolute Gasteiger partial charge is 0.444 e. The second kappa shape index (κ2) is 7.46. The molecule has 0 N–H and O–H groups in total. The van der Waals surface area contributed by atoms with Gasteiger partial charge in [0.05, 0.1) is 6.04 Å². The SMILES string of the molecule is Cc1cccc(C2CN(C(=O)C3(C(F)(F)F)CC3)C(C)CN2C(=O)OC(C)(C)C)c1. The van der Waals surface area contributed by atoms with Crippen molar-refractivity contribution in [1.29, 1.82) is 0 Å². The van der Waals surface area contributed by atoms with Crippen molar-refractivity contribution in [3.63, 3.8) is 0 Å². The zero-order chi connectivity index (χ0) is 22.5. The van der Waals surface area contributed by atoms with Crippen LogP contribution >= 0.6 is 0 Å². The Morgan fingerprint density at radius 3 is 2.23 bits per heavy atom. The number of hydrogen-bond acceptors (Lipinski definition) is 3. The van der Waals surface area contributed by atoms with E-state index < -0.39 is 41.3 Å². The molecule has 166 valence electrons. The van der Waals surface area contributed by atoms with Crippen LogP contribution < -0.4 is 0 Å². The molecule has 8 heteroatoms. The van der Waals surface area contributed by atoms with Crippen LogP contribution in [0.3, 0.4) is 0 Å². The highest BCUT2D eigenvalue weighted by Crippen LogP contribution is 2.59. The van der Waals surface area contributed by atoms with Crippen LogP contribution in [-0.4, -0.2) is 52.7 Å². The molecule has 2 amide bonds. The molecule has 1 aliphatic heterocycles. The monoisotopic (exact) mass is 426 g/mol. The van der Waals surface area contributed by atoms with Gasteiger partial charge in [-0.05, 0) is 53.0 Å². The second-order valence-corrected chi connectivity index (χ2v) is 9.45. The Bertz CT molecular complexity index is 828. The number of carbonyl (C=O) groups is 2. The third kappa shape index (κ3) is 4.27. The summed E-state index contributed by atoms with van der Waals surface area (Å²) < 4.78 is 46.2. The number of carbonyl (C=O) groups excluding carboxylic acids is 2. The fourth-order valence-electron chi connectivity index (χ4n) is 3.96. The molecule has 1 saturated carbocycles. The summed E-state index contributed by atoms with van der Waals surface area (Å²) in [5.74, 6) is -0.885. The van der Waals surface area contributed by atoms with Gasteiger partial charge in [-0.15, -0.1) is 0 Å². The van der Waals surface area contributed by atoms with E-state index in [4.69, 9.17) is 4.74 Å². The molecule has 1 heterocycles. The van der Waals surface area contributed by atoms with Crippen LogP contribution in [-0.2, 0) is 9.53 Å². The first-order valence-corrected chi connectivity index (χ1v) is 10.2. The van der Waals surface area contributed by atoms with Gasteiger partial charge in [-0.2, -0.15) is 13.2 Å². The number of amides is 2. The minimum absolute atomic E-state index is 0.000522. The Morgan fingerprint density at radius 2 is 1.73 bits per heavy atom. The van der Waals surface area contributed by atoms with E-state index >= 15 is 0 Å². The number of ether oxygens (including phenoxy) is 1. The van der Waals surface area contributed by atoms with Gasteiger partial charge in [0.1, 0.15) is 11.0 Å². The second-order valence-electron chi connectivity index (χ2n) is 9.45. The molecule has 0 bridgehead atoms. The molecule has 2 unspecified atom stereocenters. The number of halogens is 3. The van der Waals surface area contributed by atoms with Crippen LogP contribution in [0.15, 0.2) is 24.3 Å². The molecule has 0 radical (unpaired) electrons. The van der Waals surface area contributed by atoms with Crippen molar-refractivity contribution in [3.8, 4) is 0 Å². The van der Waals surface area contributed by atoms with Gasteiger partial charge < -0.3 is 9.64 Å². The minimum atomic E-state index is -4.56. The molecule has 2 atom stereocenters. The quantitative estimate of drug-likeness (QED) is 0.680. The lowest BCUT2D eigenvalue weighted by Gasteiger charge is -2.46. The number of aryl methyl sites for hydroxylation is 1. The van der Waals surface area contributed by atoms with E-state index in [1.807, 2.05) is 31.2 Å². The van der Waals surface area contributed by atoms with Crippen molar-refractivity contribution in [2.24, 2.45) is 5.41 Å². The predicted molar refractivity (Wildman–Crippen MR) is 106 cm³/mol. The zero-order valence-corrected chi connectivity index (χ0v) is 18.0. The maximum absolute atomic E-state index is 13.6. The van der Waals surface area contributed by atoms with Gasteiger partial charge in [0.2, 0.25) is 5.91 Å². The summed E-state index contributed by atoms with van der Waals surface area (Å²) in [6.45, 7) is 8.96. The Labute approximate surface area is 175 Å². The standard InChI is InChI=1S/C22H29F3N2O3/c1-14-7-6-8-16(11-14)17-13-26(18(28)21(9-10-21)22(23,24)25)15(2)12-27(17)19(29)30-20(3,4)5/h6-8,11,15,17H,9-10,12-13H2,1-5H3. The van der Waals surface area contributed by atoms with Crippen LogP contribution in [0, 0.1) is 12.3 Å². The van der Waals surface area contributed by atoms with Crippen LogP contribution in [0.25, 0.3) is 0 Å². The van der Waals surface area contributed by atoms with Gasteiger partial charge >= 0.3 is 12.3 Å². The van der Waals surface area contributed by atoms with Crippen LogP contribution in [0.2, 0.25) is 0 Å². The lowest BCUT2D eigenvalue weighted by molar-refractivity contribution is -0.201. The summed E-state index contributed by atoms with van der Waals surface area (Å²) in [4.78, 5) is 28.7. The zero-order valence-electron chi connectivity index (χ0n) is 18.0. The number of rotatable bonds is 2. The predicted octanol–water partition coefficient (Wildman–Crippen LogP) is 4.85. The van der Waals surface area contributed by atoms with Crippen molar-refractivity contribution in [1.82, 2.24) is 9.80 Å². The van der Waals surface area contributed by atoms with E-state index in [-0.39, 0.29) is 25.9 Å². The van der Waals surface area contributed by atoms with Crippen molar-refractivity contribution in [2.45, 2.75) is 71.3 Å². The van der Waals surface area contributed by atoms with Gasteiger partial charge in [-0.1, -0.05) is 29.8 Å². The summed E-state index contributed by atoms with van der Waals surface area (Å²) in [6, 6.07) is 6.32. The van der Waals surface area contributed by atoms with E-state index in [0.717, 1.165) is 11.1 Å². The molecule has 1 aromatic rings. The molecule has 5 nitrogen and oxygen atoms in total. The maximum atomic E-state index is 13.6. The van der Waals surface area contributed by atoms with E-state index in [2.05, 4.69) is 0 Å². The smallest absolute Gasteiger partial charge is 0.410 e. The Hall–Kier alpha value is -2.25. The van der Waals surface area contributed by atoms with E-state index in [9.17, 15) is 22.8 Å². The molecule has 1 aliphatic carbocycles. The first-order chi connectivity index (χ1) is 13.7. The molecule has 3 rings (SSSR count). The molecule has 1 aromatic carbocycles. The maximum Gasteiger partial charge on any atom is 0.410 e. The molecular formula is C22H29F3N2O3. The highest BCUT2D eigenvalue weighted by atomic mass is 19.4. The van der Waals surface area contributed by atoms with Gasteiger partial charge in [0, 0.05) is 19.1 Å². The molecule has 30 heavy (non-hydrogen) atoms. The third-order valence-corrected chi connectivity index (χ3v) is 5.76. The number of benzene rings is 1. The van der Waals surface area contributed by atoms with Crippen LogP contribution in [0.1, 0.15) is 57.7 Å². The van der Waals surface area contributed by atoms with Gasteiger partial charge in [-0.25, -0.2) is 4.79 Å². The normalized spacial score (nSPS) is 23.9. The molecule has 2 fully saturated rings. The lowest BCUT2D eigenvalue weighted by Crippen LogP contribution is -2.59. The van der Waals surface area contributed by atoms with Crippen LogP contribution in [0.4, 0.5) is 18.0 Å². The molecule has 0 aromatic heterocycles. The fraction of sp³-hybridized carbons (Fsp3) is 0.636. The lowest BCUT2D eigenvalue weighted by atomic mass is 9.96. The van der Waals surface area contributed by atoms with E-state index in [1.165, 1.54) is 9.80 Å². The van der Waals surface area contributed by atoms with Crippen molar-refractivity contribution in [3.05, 3.63) is 35.4 Å². The van der Waals surface area contributed by atoms with Crippen molar-refractivity contribution in [2.75, 3.05) is 13.1 Å². The Balaban J connectivity index is 1.93. The number of hydrogen-bond donors (Lipinski definition) is 0. The first kappa shape index (κ1) is 22.4. The molecule has 1 saturated heterocycles. The Kier molecular flexibility index (Phi) is 5.58. The summed E-state index contributed by atoms with van der Waals surface area (Å²) in [6.07, 6.45) is -5.46. The molecule has 2 aliphatic rings.